The van der Waals surface area contributed by atoms with E-state index in [1.165, 1.54) is 0 Å². The molecule has 0 radical (unpaired) electrons. The number of rotatable bonds is 2. The Morgan fingerprint density at radius 2 is 2.15 bits per heavy atom. The van der Waals surface area contributed by atoms with Gasteiger partial charge in [-0.3, -0.25) is 4.79 Å². The fraction of sp³-hybridized carbons (Fsp3) is 0.429. The molecule has 1 aliphatic heterocycles. The largest absolute Gasteiger partial charge is 0.354 e. The molecular formula is C14H18BrN3O2. The fourth-order valence-corrected chi connectivity index (χ4v) is 2.78. The summed E-state index contributed by atoms with van der Waals surface area (Å²) in [5, 5.41) is 5.72. The molecule has 1 aromatic rings. The van der Waals surface area contributed by atoms with Gasteiger partial charge in [0.1, 0.15) is 0 Å². The number of nitrogens with zero attached hydrogens (tertiary/aromatic N) is 1. The van der Waals surface area contributed by atoms with E-state index in [1.807, 2.05) is 31.2 Å². The van der Waals surface area contributed by atoms with Crippen molar-refractivity contribution in [1.82, 2.24) is 15.5 Å². The van der Waals surface area contributed by atoms with Crippen LogP contribution in [0.2, 0.25) is 0 Å². The van der Waals surface area contributed by atoms with Crippen molar-refractivity contribution in [1.29, 1.82) is 0 Å². The first-order chi connectivity index (χ1) is 9.58. The molecule has 0 spiro atoms. The summed E-state index contributed by atoms with van der Waals surface area (Å²) >= 11 is 3.48. The minimum atomic E-state index is -0.134. The normalized spacial score (nSPS) is 17.1. The molecular weight excluding hydrogens is 322 g/mol. The van der Waals surface area contributed by atoms with Gasteiger partial charge in [0, 0.05) is 30.5 Å². The van der Waals surface area contributed by atoms with E-state index in [-0.39, 0.29) is 18.0 Å². The third kappa shape index (κ3) is 3.72. The Morgan fingerprint density at radius 1 is 1.40 bits per heavy atom. The zero-order chi connectivity index (χ0) is 14.5. The third-order valence-electron chi connectivity index (χ3n) is 3.31. The summed E-state index contributed by atoms with van der Waals surface area (Å²) in [6, 6.07) is 7.58. The number of carbonyl (C=O) groups is 2. The fourth-order valence-electron chi connectivity index (χ4n) is 2.15. The van der Waals surface area contributed by atoms with Gasteiger partial charge < -0.3 is 15.5 Å². The van der Waals surface area contributed by atoms with E-state index in [4.69, 9.17) is 0 Å². The van der Waals surface area contributed by atoms with Crippen LogP contribution in [0.4, 0.5) is 4.79 Å². The maximum absolute atomic E-state index is 12.2. The van der Waals surface area contributed by atoms with Crippen LogP contribution in [0.3, 0.4) is 0 Å². The van der Waals surface area contributed by atoms with Crippen molar-refractivity contribution in [2.24, 2.45) is 0 Å². The molecule has 6 heteroatoms. The molecule has 3 amide bonds. The molecule has 1 fully saturated rings. The first-order valence-electron chi connectivity index (χ1n) is 6.64. The van der Waals surface area contributed by atoms with E-state index >= 15 is 0 Å². The molecule has 108 valence electrons. The van der Waals surface area contributed by atoms with Gasteiger partial charge in [0.25, 0.3) is 0 Å². The Morgan fingerprint density at radius 3 is 2.90 bits per heavy atom. The summed E-state index contributed by atoms with van der Waals surface area (Å²) in [4.78, 5) is 25.1. The van der Waals surface area contributed by atoms with Crippen molar-refractivity contribution in [3.05, 3.63) is 34.3 Å². The maximum atomic E-state index is 12.2. The SMILES string of the molecule is CC(NC(=O)N1CCNC(=O)CC1)c1ccccc1Br. The van der Waals surface area contributed by atoms with E-state index in [0.29, 0.717) is 26.1 Å². The molecule has 1 saturated heterocycles. The lowest BCUT2D eigenvalue weighted by Gasteiger charge is -2.23. The Labute approximate surface area is 126 Å². The van der Waals surface area contributed by atoms with Crippen LogP contribution in [0.5, 0.6) is 0 Å². The van der Waals surface area contributed by atoms with Gasteiger partial charge in [-0.05, 0) is 18.6 Å². The lowest BCUT2D eigenvalue weighted by Crippen LogP contribution is -2.42. The van der Waals surface area contributed by atoms with Gasteiger partial charge in [0.2, 0.25) is 5.91 Å². The van der Waals surface area contributed by atoms with Gasteiger partial charge in [-0.1, -0.05) is 34.1 Å². The van der Waals surface area contributed by atoms with Crippen molar-refractivity contribution in [3.8, 4) is 0 Å². The van der Waals surface area contributed by atoms with Crippen LogP contribution in [0.25, 0.3) is 0 Å². The monoisotopic (exact) mass is 339 g/mol. The van der Waals surface area contributed by atoms with Crippen LogP contribution in [0.15, 0.2) is 28.7 Å². The molecule has 0 saturated carbocycles. The van der Waals surface area contributed by atoms with Crippen molar-refractivity contribution in [2.75, 3.05) is 19.6 Å². The third-order valence-corrected chi connectivity index (χ3v) is 4.03. The summed E-state index contributed by atoms with van der Waals surface area (Å²) in [5.41, 5.74) is 1.03. The molecule has 1 aromatic carbocycles. The van der Waals surface area contributed by atoms with Crippen molar-refractivity contribution < 1.29 is 9.59 Å². The molecule has 1 aliphatic rings. The standard InChI is InChI=1S/C14H18BrN3O2/c1-10(11-4-2-3-5-12(11)15)17-14(20)18-8-6-13(19)16-7-9-18/h2-5,10H,6-9H2,1H3,(H,16,19)(H,17,20). The molecule has 1 atom stereocenters. The Balaban J connectivity index is 1.97. The lowest BCUT2D eigenvalue weighted by atomic mass is 10.1. The highest BCUT2D eigenvalue weighted by Gasteiger charge is 2.20. The van der Waals surface area contributed by atoms with E-state index in [2.05, 4.69) is 26.6 Å². The zero-order valence-corrected chi connectivity index (χ0v) is 12.9. The van der Waals surface area contributed by atoms with Crippen LogP contribution >= 0.6 is 15.9 Å². The highest BCUT2D eigenvalue weighted by atomic mass is 79.9. The van der Waals surface area contributed by atoms with E-state index in [9.17, 15) is 9.59 Å². The van der Waals surface area contributed by atoms with Crippen molar-refractivity contribution in [2.45, 2.75) is 19.4 Å². The minimum Gasteiger partial charge on any atom is -0.354 e. The first kappa shape index (κ1) is 14.8. The van der Waals surface area contributed by atoms with Crippen LogP contribution in [-0.2, 0) is 4.79 Å². The molecule has 2 rings (SSSR count). The summed E-state index contributed by atoms with van der Waals surface area (Å²) < 4.78 is 0.973. The maximum Gasteiger partial charge on any atom is 0.317 e. The number of hydrogen-bond donors (Lipinski definition) is 2. The Kier molecular flexibility index (Phi) is 5.00. The Hall–Kier alpha value is -1.56. The van der Waals surface area contributed by atoms with Gasteiger partial charge in [0.05, 0.1) is 6.04 Å². The number of carbonyl (C=O) groups excluding carboxylic acids is 2. The number of amides is 3. The summed E-state index contributed by atoms with van der Waals surface area (Å²) in [6.07, 6.45) is 0.358. The van der Waals surface area contributed by atoms with Gasteiger partial charge in [-0.15, -0.1) is 0 Å². The number of hydrogen-bond acceptors (Lipinski definition) is 2. The number of nitrogens with one attached hydrogen (secondary N) is 2. The molecule has 0 aromatic heterocycles. The van der Waals surface area contributed by atoms with Gasteiger partial charge >= 0.3 is 6.03 Å². The lowest BCUT2D eigenvalue weighted by molar-refractivity contribution is -0.120. The van der Waals surface area contributed by atoms with Gasteiger partial charge in [0.15, 0.2) is 0 Å². The van der Waals surface area contributed by atoms with E-state index in [1.54, 1.807) is 4.90 Å². The highest BCUT2D eigenvalue weighted by molar-refractivity contribution is 9.10. The number of urea groups is 1. The van der Waals surface area contributed by atoms with Crippen LogP contribution < -0.4 is 10.6 Å². The van der Waals surface area contributed by atoms with Gasteiger partial charge in [-0.25, -0.2) is 4.79 Å². The molecule has 1 heterocycles. The minimum absolute atomic E-state index is 0.000785. The van der Waals surface area contributed by atoms with Crippen molar-refractivity contribution in [3.63, 3.8) is 0 Å². The van der Waals surface area contributed by atoms with Gasteiger partial charge in [-0.2, -0.15) is 0 Å². The average Bonchev–Trinajstić information content (AvgIpc) is 2.64. The predicted molar refractivity (Wildman–Crippen MR) is 80.3 cm³/mol. The molecule has 0 bridgehead atoms. The van der Waals surface area contributed by atoms with Crippen LogP contribution in [-0.4, -0.2) is 36.5 Å². The van der Waals surface area contributed by atoms with E-state index in [0.717, 1.165) is 10.0 Å². The molecule has 5 nitrogen and oxygen atoms in total. The summed E-state index contributed by atoms with van der Waals surface area (Å²) in [6.45, 7) is 3.45. The molecule has 20 heavy (non-hydrogen) atoms. The van der Waals surface area contributed by atoms with Crippen molar-refractivity contribution >= 4 is 27.9 Å². The van der Waals surface area contributed by atoms with E-state index < -0.39 is 0 Å². The second-order valence-corrected chi connectivity index (χ2v) is 5.63. The predicted octanol–water partition coefficient (Wildman–Crippen LogP) is 2.04. The summed E-state index contributed by atoms with van der Waals surface area (Å²) in [7, 11) is 0. The zero-order valence-electron chi connectivity index (χ0n) is 11.4. The topological polar surface area (TPSA) is 61.4 Å². The van der Waals surface area contributed by atoms with Crippen LogP contribution in [0, 0.1) is 0 Å². The highest BCUT2D eigenvalue weighted by Crippen LogP contribution is 2.22. The Bertz CT molecular complexity index is 507. The first-order valence-corrected chi connectivity index (χ1v) is 7.44. The quantitative estimate of drug-likeness (QED) is 0.866. The molecule has 1 unspecified atom stereocenters. The van der Waals surface area contributed by atoms with Crippen LogP contribution in [0.1, 0.15) is 24.9 Å². The summed E-state index contributed by atoms with van der Waals surface area (Å²) in [5.74, 6) is -0.000785. The smallest absolute Gasteiger partial charge is 0.317 e. The molecule has 2 N–H and O–H groups in total. The molecule has 0 aliphatic carbocycles. The number of benzene rings is 1. The second kappa shape index (κ2) is 6.74. The number of halogens is 1. The average molecular weight is 340 g/mol. The second-order valence-electron chi connectivity index (χ2n) is 4.78.